The van der Waals surface area contributed by atoms with Crippen molar-refractivity contribution in [2.24, 2.45) is 11.7 Å². The smallest absolute Gasteiger partial charge is 0.239 e. The van der Waals surface area contributed by atoms with Crippen LogP contribution >= 0.6 is 12.4 Å². The molecule has 1 rings (SSSR count). The Labute approximate surface area is 97.5 Å². The van der Waals surface area contributed by atoms with Crippen molar-refractivity contribution in [2.45, 2.75) is 25.8 Å². The van der Waals surface area contributed by atoms with Crippen molar-refractivity contribution in [3.63, 3.8) is 0 Å². The Kier molecular flexibility index (Phi) is 6.89. The Morgan fingerprint density at radius 2 is 2.07 bits per heavy atom. The standard InChI is InChI=1S/C10H20N2O2.ClH/c1-8(11)10(13)12-5-3-9(4-6-12)7-14-2;/h8-9H,3-7,11H2,1-2H3;1H/t8-;/m1./s1. The van der Waals surface area contributed by atoms with Gasteiger partial charge in [-0.3, -0.25) is 4.79 Å². The summed E-state index contributed by atoms with van der Waals surface area (Å²) >= 11 is 0. The third kappa shape index (κ3) is 4.36. The van der Waals surface area contributed by atoms with E-state index in [0.29, 0.717) is 5.92 Å². The zero-order chi connectivity index (χ0) is 10.6. The summed E-state index contributed by atoms with van der Waals surface area (Å²) in [6.07, 6.45) is 2.07. The summed E-state index contributed by atoms with van der Waals surface area (Å²) in [5, 5.41) is 0. The zero-order valence-electron chi connectivity index (χ0n) is 9.44. The number of likely N-dealkylation sites (tertiary alicyclic amines) is 1. The topological polar surface area (TPSA) is 55.6 Å². The van der Waals surface area contributed by atoms with E-state index >= 15 is 0 Å². The predicted octanol–water partition coefficient (Wildman–Crippen LogP) is 0.640. The van der Waals surface area contributed by atoms with E-state index in [-0.39, 0.29) is 24.4 Å². The van der Waals surface area contributed by atoms with Crippen molar-refractivity contribution in [1.29, 1.82) is 0 Å². The molecule has 0 aromatic rings. The zero-order valence-corrected chi connectivity index (χ0v) is 10.3. The maximum absolute atomic E-state index is 11.5. The highest BCUT2D eigenvalue weighted by molar-refractivity contribution is 5.85. The summed E-state index contributed by atoms with van der Waals surface area (Å²) < 4.78 is 5.10. The number of carbonyl (C=O) groups is 1. The van der Waals surface area contributed by atoms with Crippen LogP contribution in [-0.4, -0.2) is 43.7 Å². The maximum Gasteiger partial charge on any atom is 0.239 e. The fourth-order valence-electron chi connectivity index (χ4n) is 1.84. The van der Waals surface area contributed by atoms with E-state index in [4.69, 9.17) is 10.5 Å². The molecule has 1 heterocycles. The highest BCUT2D eigenvalue weighted by atomic mass is 35.5. The van der Waals surface area contributed by atoms with Crippen molar-refractivity contribution in [3.05, 3.63) is 0 Å². The maximum atomic E-state index is 11.5. The van der Waals surface area contributed by atoms with Crippen molar-refractivity contribution >= 4 is 18.3 Å². The average molecular weight is 237 g/mol. The van der Waals surface area contributed by atoms with Gasteiger partial charge < -0.3 is 15.4 Å². The molecule has 0 saturated carbocycles. The van der Waals surface area contributed by atoms with Gasteiger partial charge in [-0.05, 0) is 25.7 Å². The molecule has 5 heteroatoms. The number of hydrogen-bond acceptors (Lipinski definition) is 3. The lowest BCUT2D eigenvalue weighted by Gasteiger charge is -2.32. The highest BCUT2D eigenvalue weighted by Gasteiger charge is 2.24. The van der Waals surface area contributed by atoms with Gasteiger partial charge in [-0.2, -0.15) is 0 Å². The van der Waals surface area contributed by atoms with Gasteiger partial charge in [-0.1, -0.05) is 0 Å². The summed E-state index contributed by atoms with van der Waals surface area (Å²) in [4.78, 5) is 13.4. The molecule has 1 aliphatic heterocycles. The van der Waals surface area contributed by atoms with E-state index in [9.17, 15) is 4.79 Å². The number of nitrogens with zero attached hydrogens (tertiary/aromatic N) is 1. The van der Waals surface area contributed by atoms with Gasteiger partial charge in [0.2, 0.25) is 5.91 Å². The third-order valence-corrected chi connectivity index (χ3v) is 2.72. The lowest BCUT2D eigenvalue weighted by molar-refractivity contribution is -0.133. The summed E-state index contributed by atoms with van der Waals surface area (Å²) in [6, 6.07) is -0.367. The molecule has 0 unspecified atom stereocenters. The van der Waals surface area contributed by atoms with Gasteiger partial charge in [0, 0.05) is 26.8 Å². The van der Waals surface area contributed by atoms with Crippen LogP contribution in [0, 0.1) is 5.92 Å². The second kappa shape index (κ2) is 7.04. The first kappa shape index (κ1) is 14.7. The van der Waals surface area contributed by atoms with Crippen LogP contribution in [-0.2, 0) is 9.53 Å². The molecular formula is C10H21ClN2O2. The van der Waals surface area contributed by atoms with Gasteiger partial charge in [0.25, 0.3) is 0 Å². The Bertz CT molecular complexity index is 192. The molecule has 0 radical (unpaired) electrons. The van der Waals surface area contributed by atoms with Crippen LogP contribution in [0.1, 0.15) is 19.8 Å². The first-order chi connectivity index (χ1) is 6.65. The molecule has 1 atom stereocenters. The van der Waals surface area contributed by atoms with Crippen LogP contribution in [0.2, 0.25) is 0 Å². The Morgan fingerprint density at radius 3 is 2.47 bits per heavy atom. The van der Waals surface area contributed by atoms with Crippen molar-refractivity contribution in [1.82, 2.24) is 4.90 Å². The van der Waals surface area contributed by atoms with Gasteiger partial charge in [0.15, 0.2) is 0 Å². The minimum Gasteiger partial charge on any atom is -0.384 e. The summed E-state index contributed by atoms with van der Waals surface area (Å²) in [5.74, 6) is 0.679. The van der Waals surface area contributed by atoms with E-state index in [1.54, 1.807) is 14.0 Å². The number of amides is 1. The van der Waals surface area contributed by atoms with Crippen LogP contribution in [0.3, 0.4) is 0 Å². The molecule has 2 N–H and O–H groups in total. The number of ether oxygens (including phenoxy) is 1. The average Bonchev–Trinajstić information content (AvgIpc) is 2.18. The molecule has 0 aliphatic carbocycles. The van der Waals surface area contributed by atoms with Crippen LogP contribution in [0.25, 0.3) is 0 Å². The quantitative estimate of drug-likeness (QED) is 0.783. The predicted molar refractivity (Wildman–Crippen MR) is 62.1 cm³/mol. The summed E-state index contributed by atoms with van der Waals surface area (Å²) in [6.45, 7) is 4.20. The number of rotatable bonds is 3. The fraction of sp³-hybridized carbons (Fsp3) is 0.900. The SMILES string of the molecule is COCC1CCN(C(=O)[C@@H](C)N)CC1.Cl. The minimum absolute atomic E-state index is 0. The lowest BCUT2D eigenvalue weighted by atomic mass is 9.97. The number of piperidine rings is 1. The first-order valence-electron chi connectivity index (χ1n) is 5.18. The Balaban J connectivity index is 0.00000196. The van der Waals surface area contributed by atoms with E-state index in [2.05, 4.69) is 0 Å². The van der Waals surface area contributed by atoms with Crippen LogP contribution in [0.5, 0.6) is 0 Å². The second-order valence-electron chi connectivity index (χ2n) is 4.01. The molecule has 15 heavy (non-hydrogen) atoms. The molecule has 0 spiro atoms. The molecule has 4 nitrogen and oxygen atoms in total. The number of halogens is 1. The van der Waals surface area contributed by atoms with E-state index < -0.39 is 0 Å². The van der Waals surface area contributed by atoms with Crippen molar-refractivity contribution < 1.29 is 9.53 Å². The number of carbonyl (C=O) groups excluding carboxylic acids is 1. The van der Waals surface area contributed by atoms with E-state index in [1.807, 2.05) is 4.90 Å². The van der Waals surface area contributed by atoms with Gasteiger partial charge in [0.05, 0.1) is 6.04 Å². The largest absolute Gasteiger partial charge is 0.384 e. The van der Waals surface area contributed by atoms with Gasteiger partial charge in [-0.25, -0.2) is 0 Å². The molecule has 1 saturated heterocycles. The van der Waals surface area contributed by atoms with Gasteiger partial charge >= 0.3 is 0 Å². The molecule has 1 aliphatic rings. The third-order valence-electron chi connectivity index (χ3n) is 2.72. The molecule has 0 aromatic heterocycles. The summed E-state index contributed by atoms with van der Waals surface area (Å²) in [5.41, 5.74) is 5.54. The van der Waals surface area contributed by atoms with E-state index in [1.165, 1.54) is 0 Å². The second-order valence-corrected chi connectivity index (χ2v) is 4.01. The molecular weight excluding hydrogens is 216 g/mol. The Morgan fingerprint density at radius 1 is 1.53 bits per heavy atom. The van der Waals surface area contributed by atoms with E-state index in [0.717, 1.165) is 32.5 Å². The van der Waals surface area contributed by atoms with Gasteiger partial charge in [-0.15, -0.1) is 12.4 Å². The van der Waals surface area contributed by atoms with Crippen molar-refractivity contribution in [3.8, 4) is 0 Å². The minimum atomic E-state index is -0.367. The van der Waals surface area contributed by atoms with Crippen LogP contribution in [0.15, 0.2) is 0 Å². The molecule has 90 valence electrons. The lowest BCUT2D eigenvalue weighted by Crippen LogP contribution is -2.46. The molecule has 1 fully saturated rings. The number of nitrogens with two attached hydrogens (primary N) is 1. The monoisotopic (exact) mass is 236 g/mol. The van der Waals surface area contributed by atoms with Crippen LogP contribution < -0.4 is 5.73 Å². The number of hydrogen-bond donors (Lipinski definition) is 1. The van der Waals surface area contributed by atoms with Crippen molar-refractivity contribution in [2.75, 3.05) is 26.8 Å². The highest BCUT2D eigenvalue weighted by Crippen LogP contribution is 2.17. The number of methoxy groups -OCH3 is 1. The summed E-state index contributed by atoms with van der Waals surface area (Å²) in [7, 11) is 1.72. The molecule has 0 aromatic carbocycles. The normalized spacial score (nSPS) is 19.5. The first-order valence-corrected chi connectivity index (χ1v) is 5.18. The van der Waals surface area contributed by atoms with Gasteiger partial charge in [0.1, 0.15) is 0 Å². The Hall–Kier alpha value is -0.320. The van der Waals surface area contributed by atoms with Crippen LogP contribution in [0.4, 0.5) is 0 Å². The molecule has 1 amide bonds. The fourth-order valence-corrected chi connectivity index (χ4v) is 1.84. The molecule has 0 bridgehead atoms.